The van der Waals surface area contributed by atoms with Crippen LogP contribution in [-0.2, 0) is 0 Å². The van der Waals surface area contributed by atoms with E-state index in [0.29, 0.717) is 0 Å². The summed E-state index contributed by atoms with van der Waals surface area (Å²) >= 11 is 11.2. The van der Waals surface area contributed by atoms with Crippen molar-refractivity contribution in [3.63, 3.8) is 0 Å². The number of thioether (sulfide) groups is 2. The van der Waals surface area contributed by atoms with Gasteiger partial charge in [0.05, 0.1) is 19.2 Å². The largest absolute Gasteiger partial charge is 0.142 e. The first-order valence-electron chi connectivity index (χ1n) is 7.98. The molecule has 0 saturated heterocycles. The summed E-state index contributed by atoms with van der Waals surface area (Å²) in [7, 11) is 0. The molecule has 0 aliphatic carbocycles. The molecule has 5 aromatic rings. The molecule has 0 spiro atoms. The van der Waals surface area contributed by atoms with Gasteiger partial charge in [-0.05, 0) is 58.3 Å². The Morgan fingerprint density at radius 2 is 1.12 bits per heavy atom. The maximum atomic E-state index is 2.36. The molecule has 0 unspecified atom stereocenters. The predicted octanol–water partition coefficient (Wildman–Crippen LogP) is 9.02. The topological polar surface area (TPSA) is 0 Å². The van der Waals surface area contributed by atoms with E-state index >= 15 is 0 Å². The first-order chi connectivity index (χ1) is 12.8. The lowest BCUT2D eigenvalue weighted by atomic mass is 10.2. The molecule has 0 bridgehead atoms. The SMILES string of the molecule is CSc1ccsc1-c1cc2ccc3cc(-c4sccc4SC)sc3c2s1. The van der Waals surface area contributed by atoms with Crippen LogP contribution in [0.5, 0.6) is 0 Å². The number of rotatable bonds is 4. The Morgan fingerprint density at radius 3 is 1.54 bits per heavy atom. The second-order valence-corrected chi connectivity index (χ2v) is 11.4. The monoisotopic (exact) mass is 446 g/mol. The highest BCUT2D eigenvalue weighted by molar-refractivity contribution is 7.99. The van der Waals surface area contributed by atoms with E-state index in [1.54, 1.807) is 0 Å². The van der Waals surface area contributed by atoms with Gasteiger partial charge >= 0.3 is 0 Å². The fourth-order valence-corrected chi connectivity index (χ4v) is 9.50. The second kappa shape index (κ2) is 7.00. The third-order valence-electron chi connectivity index (χ3n) is 4.32. The van der Waals surface area contributed by atoms with Crippen molar-refractivity contribution >= 4 is 89.0 Å². The van der Waals surface area contributed by atoms with Gasteiger partial charge in [0.15, 0.2) is 0 Å². The Bertz CT molecular complexity index is 1120. The molecule has 1 aromatic carbocycles. The van der Waals surface area contributed by atoms with Crippen molar-refractivity contribution in [2.75, 3.05) is 12.5 Å². The number of hydrogen-bond acceptors (Lipinski definition) is 6. The minimum Gasteiger partial charge on any atom is -0.142 e. The molecule has 0 saturated carbocycles. The number of hydrogen-bond donors (Lipinski definition) is 0. The molecule has 4 heterocycles. The van der Waals surface area contributed by atoms with Crippen LogP contribution in [0.3, 0.4) is 0 Å². The van der Waals surface area contributed by atoms with Crippen LogP contribution in [-0.4, -0.2) is 12.5 Å². The van der Waals surface area contributed by atoms with E-state index in [-0.39, 0.29) is 0 Å². The summed E-state index contributed by atoms with van der Waals surface area (Å²) in [4.78, 5) is 8.37. The zero-order valence-corrected chi connectivity index (χ0v) is 19.0. The van der Waals surface area contributed by atoms with Gasteiger partial charge in [0.2, 0.25) is 0 Å². The van der Waals surface area contributed by atoms with Gasteiger partial charge in [-0.1, -0.05) is 12.1 Å². The van der Waals surface area contributed by atoms with E-state index < -0.39 is 0 Å². The summed E-state index contributed by atoms with van der Waals surface area (Å²) in [6.45, 7) is 0. The normalized spacial score (nSPS) is 11.8. The van der Waals surface area contributed by atoms with E-state index in [9.17, 15) is 0 Å². The van der Waals surface area contributed by atoms with Gasteiger partial charge in [0.25, 0.3) is 0 Å². The summed E-state index contributed by atoms with van der Waals surface area (Å²) in [6, 6.07) is 13.8. The molecule has 0 N–H and O–H groups in total. The molecule has 0 amide bonds. The lowest BCUT2D eigenvalue weighted by Crippen LogP contribution is -1.66. The van der Waals surface area contributed by atoms with Gasteiger partial charge in [-0.2, -0.15) is 0 Å². The highest BCUT2D eigenvalue weighted by Gasteiger charge is 2.15. The molecular formula is C20H14S6. The lowest BCUT2D eigenvalue weighted by molar-refractivity contribution is 1.60. The highest BCUT2D eigenvalue weighted by Crippen LogP contribution is 2.47. The zero-order chi connectivity index (χ0) is 17.7. The zero-order valence-electron chi connectivity index (χ0n) is 14.1. The Balaban J connectivity index is 1.70. The molecule has 0 atom stereocenters. The fraction of sp³-hybridized carbons (Fsp3) is 0.100. The standard InChI is InChI=1S/C20H14S6/c1-21-13-5-7-23-19(13)15-9-11-3-4-12-10-16(26-18(12)17(11)25-15)20-14(22-2)6-8-24-20/h3-10H,1-2H3. The Hall–Kier alpha value is -0.760. The molecule has 26 heavy (non-hydrogen) atoms. The summed E-state index contributed by atoms with van der Waals surface area (Å²) in [5.74, 6) is 0. The molecule has 0 radical (unpaired) electrons. The maximum absolute atomic E-state index is 2.36. The van der Waals surface area contributed by atoms with Crippen LogP contribution >= 0.6 is 68.9 Å². The Kier molecular flexibility index (Phi) is 4.67. The molecule has 5 rings (SSSR count). The van der Waals surface area contributed by atoms with Crippen molar-refractivity contribution in [3.8, 4) is 19.5 Å². The van der Waals surface area contributed by atoms with Crippen LogP contribution in [0.1, 0.15) is 0 Å². The van der Waals surface area contributed by atoms with Gasteiger partial charge in [0.1, 0.15) is 0 Å². The van der Waals surface area contributed by atoms with Crippen molar-refractivity contribution in [2.45, 2.75) is 9.79 Å². The molecule has 6 heteroatoms. The van der Waals surface area contributed by atoms with E-state index in [1.807, 2.05) is 68.9 Å². The first-order valence-corrected chi connectivity index (χ1v) is 13.8. The number of thiophene rings is 4. The average Bonchev–Trinajstić information content (AvgIpc) is 3.44. The van der Waals surface area contributed by atoms with E-state index in [2.05, 4.69) is 59.7 Å². The number of benzene rings is 1. The van der Waals surface area contributed by atoms with Crippen molar-refractivity contribution < 1.29 is 0 Å². The minimum absolute atomic E-state index is 1.36. The quantitative estimate of drug-likeness (QED) is 0.253. The van der Waals surface area contributed by atoms with Crippen LogP contribution in [0, 0.1) is 0 Å². The van der Waals surface area contributed by atoms with Crippen molar-refractivity contribution in [3.05, 3.63) is 47.2 Å². The lowest BCUT2D eigenvalue weighted by Gasteiger charge is -1.96. The van der Waals surface area contributed by atoms with Crippen LogP contribution in [0.2, 0.25) is 0 Å². The molecule has 0 aliphatic rings. The van der Waals surface area contributed by atoms with E-state index in [4.69, 9.17) is 0 Å². The first kappa shape index (κ1) is 17.3. The fourth-order valence-electron chi connectivity index (χ4n) is 3.09. The number of fused-ring (bicyclic) bond motifs is 3. The highest BCUT2D eigenvalue weighted by atomic mass is 32.2. The molecule has 0 fully saturated rings. The summed E-state index contributed by atoms with van der Waals surface area (Å²) in [5, 5.41) is 7.13. The van der Waals surface area contributed by atoms with Crippen LogP contribution in [0.15, 0.2) is 56.9 Å². The van der Waals surface area contributed by atoms with Gasteiger partial charge in [-0.25, -0.2) is 0 Å². The third-order valence-corrected chi connectivity index (χ3v) is 10.8. The molecule has 130 valence electrons. The third kappa shape index (κ3) is 2.79. The van der Waals surface area contributed by atoms with Crippen molar-refractivity contribution in [1.82, 2.24) is 0 Å². The predicted molar refractivity (Wildman–Crippen MR) is 127 cm³/mol. The van der Waals surface area contributed by atoms with Gasteiger partial charge in [0, 0.05) is 19.5 Å². The van der Waals surface area contributed by atoms with Gasteiger partial charge in [-0.15, -0.1) is 68.9 Å². The smallest absolute Gasteiger partial charge is 0.0578 e. The maximum Gasteiger partial charge on any atom is 0.0578 e. The van der Waals surface area contributed by atoms with Gasteiger partial charge < -0.3 is 0 Å². The summed E-state index contributed by atoms with van der Waals surface area (Å²) < 4.78 is 2.85. The van der Waals surface area contributed by atoms with E-state index in [0.717, 1.165) is 0 Å². The molecule has 4 aromatic heterocycles. The van der Waals surface area contributed by atoms with Crippen LogP contribution in [0.4, 0.5) is 0 Å². The van der Waals surface area contributed by atoms with Crippen LogP contribution in [0.25, 0.3) is 39.7 Å². The average molecular weight is 447 g/mol. The summed E-state index contributed by atoms with van der Waals surface area (Å²) in [5.41, 5.74) is 0. The van der Waals surface area contributed by atoms with Crippen molar-refractivity contribution in [1.29, 1.82) is 0 Å². The second-order valence-electron chi connectivity index (χ2n) is 5.76. The minimum atomic E-state index is 1.36. The molecule has 0 aliphatic heterocycles. The summed E-state index contributed by atoms with van der Waals surface area (Å²) in [6.07, 6.45) is 4.32. The van der Waals surface area contributed by atoms with Crippen LogP contribution < -0.4 is 0 Å². The molecular weight excluding hydrogens is 433 g/mol. The molecule has 0 nitrogen and oxygen atoms in total. The Labute approximate surface area is 176 Å². The van der Waals surface area contributed by atoms with E-state index in [1.165, 1.54) is 49.5 Å². The Morgan fingerprint density at radius 1 is 0.654 bits per heavy atom. The van der Waals surface area contributed by atoms with Crippen molar-refractivity contribution in [2.24, 2.45) is 0 Å². The van der Waals surface area contributed by atoms with Gasteiger partial charge in [-0.3, -0.25) is 0 Å².